The van der Waals surface area contributed by atoms with E-state index in [2.05, 4.69) is 9.97 Å². The van der Waals surface area contributed by atoms with Gasteiger partial charge in [0, 0.05) is 5.92 Å². The molecule has 1 fully saturated rings. The Labute approximate surface area is 130 Å². The van der Waals surface area contributed by atoms with E-state index in [-0.39, 0.29) is 22.5 Å². The molecule has 3 rings (SSSR count). The molecule has 22 heavy (non-hydrogen) atoms. The Morgan fingerprint density at radius 1 is 1.55 bits per heavy atom. The molecule has 7 nitrogen and oxygen atoms in total. The van der Waals surface area contributed by atoms with Crippen molar-refractivity contribution in [3.63, 3.8) is 0 Å². The summed E-state index contributed by atoms with van der Waals surface area (Å²) in [6, 6.07) is 0. The Balaban J connectivity index is 2.09. The van der Waals surface area contributed by atoms with Crippen LogP contribution in [0.15, 0.2) is 9.59 Å². The van der Waals surface area contributed by atoms with Gasteiger partial charge in [0.2, 0.25) is 0 Å². The first kappa shape index (κ1) is 15.4. The van der Waals surface area contributed by atoms with Crippen LogP contribution in [0.25, 0.3) is 10.3 Å². The molecular formula is C14H19N3O4S. The summed E-state index contributed by atoms with van der Waals surface area (Å²) >= 11 is 0.877. The van der Waals surface area contributed by atoms with Crippen molar-refractivity contribution < 1.29 is 9.84 Å². The normalized spacial score (nSPS) is 26.6. The monoisotopic (exact) mass is 325 g/mol. The number of hydrogen-bond acceptors (Lipinski definition) is 6. The van der Waals surface area contributed by atoms with Gasteiger partial charge in [-0.25, -0.2) is 4.98 Å². The molecule has 0 amide bonds. The van der Waals surface area contributed by atoms with E-state index in [4.69, 9.17) is 4.74 Å². The van der Waals surface area contributed by atoms with Crippen molar-refractivity contribution in [3.8, 4) is 0 Å². The van der Waals surface area contributed by atoms with E-state index in [0.717, 1.165) is 11.3 Å². The molecule has 1 saturated heterocycles. The number of hydrogen-bond donors (Lipinski definition) is 2. The summed E-state index contributed by atoms with van der Waals surface area (Å²) in [6.45, 7) is 5.54. The van der Waals surface area contributed by atoms with Crippen molar-refractivity contribution in [3.05, 3.63) is 25.8 Å². The second-order valence-corrected chi connectivity index (χ2v) is 6.76. The van der Waals surface area contributed by atoms with Crippen molar-refractivity contribution in [2.24, 2.45) is 5.92 Å². The van der Waals surface area contributed by atoms with Crippen LogP contribution in [0.4, 0.5) is 0 Å². The SMILES string of the molecule is CCC(O)C1CC(C)C(n2c(=O)sc3c(=O)[nH]c(C)nc32)O1. The maximum absolute atomic E-state index is 12.3. The van der Waals surface area contributed by atoms with Crippen LogP contribution in [0.1, 0.15) is 38.7 Å². The highest BCUT2D eigenvalue weighted by molar-refractivity contribution is 7.16. The molecule has 2 aromatic heterocycles. The molecule has 0 aliphatic carbocycles. The van der Waals surface area contributed by atoms with Crippen molar-refractivity contribution >= 4 is 21.7 Å². The molecule has 0 bridgehead atoms. The fourth-order valence-electron chi connectivity index (χ4n) is 2.94. The minimum atomic E-state index is -0.550. The number of aromatic amines is 1. The maximum Gasteiger partial charge on any atom is 0.311 e. The predicted molar refractivity (Wildman–Crippen MR) is 83.2 cm³/mol. The molecule has 0 radical (unpaired) electrons. The van der Waals surface area contributed by atoms with Crippen LogP contribution in [0.3, 0.4) is 0 Å². The Morgan fingerprint density at radius 2 is 2.27 bits per heavy atom. The number of ether oxygens (including phenoxy) is 1. The van der Waals surface area contributed by atoms with Gasteiger partial charge in [-0.3, -0.25) is 14.2 Å². The lowest BCUT2D eigenvalue weighted by Crippen LogP contribution is -2.27. The van der Waals surface area contributed by atoms with Gasteiger partial charge < -0.3 is 14.8 Å². The minimum absolute atomic E-state index is 0.0584. The molecule has 0 saturated carbocycles. The molecule has 3 heterocycles. The van der Waals surface area contributed by atoms with Crippen LogP contribution in [0.2, 0.25) is 0 Å². The average Bonchev–Trinajstić information content (AvgIpc) is 2.98. The van der Waals surface area contributed by atoms with Gasteiger partial charge in [-0.15, -0.1) is 0 Å². The number of fused-ring (bicyclic) bond motifs is 1. The standard InChI is InChI=1S/C14H19N3O4S/c1-4-8(18)9-5-6(2)13(21-9)17-11-10(22-14(17)20)12(19)16-7(3)15-11/h6,8-9,13,18H,4-5H2,1-3H3,(H,15,16,19). The number of rotatable bonds is 3. The number of nitrogens with one attached hydrogen (secondary N) is 1. The Hall–Kier alpha value is -1.51. The number of aliphatic hydroxyl groups excluding tert-OH is 1. The first-order valence-electron chi connectivity index (χ1n) is 7.37. The van der Waals surface area contributed by atoms with Crippen molar-refractivity contribution in [2.45, 2.75) is 52.0 Å². The third kappa shape index (κ3) is 2.41. The van der Waals surface area contributed by atoms with Crippen molar-refractivity contribution in [1.29, 1.82) is 0 Å². The van der Waals surface area contributed by atoms with E-state index < -0.39 is 12.3 Å². The third-order valence-corrected chi connectivity index (χ3v) is 5.04. The molecular weight excluding hydrogens is 306 g/mol. The lowest BCUT2D eigenvalue weighted by Gasteiger charge is -2.19. The van der Waals surface area contributed by atoms with E-state index >= 15 is 0 Å². The summed E-state index contributed by atoms with van der Waals surface area (Å²) in [5.74, 6) is 0.517. The first-order valence-corrected chi connectivity index (χ1v) is 8.19. The molecule has 1 aliphatic rings. The Bertz CT molecular complexity index is 809. The summed E-state index contributed by atoms with van der Waals surface area (Å²) in [5.41, 5.74) is 0.0545. The van der Waals surface area contributed by atoms with Gasteiger partial charge in [0.15, 0.2) is 5.65 Å². The second-order valence-electron chi connectivity index (χ2n) is 5.80. The fraction of sp³-hybridized carbons (Fsp3) is 0.643. The van der Waals surface area contributed by atoms with Crippen LogP contribution < -0.4 is 10.4 Å². The third-order valence-electron chi connectivity index (χ3n) is 4.10. The van der Waals surface area contributed by atoms with E-state index in [9.17, 15) is 14.7 Å². The predicted octanol–water partition coefficient (Wildman–Crippen LogP) is 1.15. The molecule has 0 spiro atoms. The molecule has 4 atom stereocenters. The van der Waals surface area contributed by atoms with Gasteiger partial charge in [-0.2, -0.15) is 0 Å². The highest BCUT2D eigenvalue weighted by Crippen LogP contribution is 2.36. The van der Waals surface area contributed by atoms with E-state index in [1.807, 2.05) is 13.8 Å². The highest BCUT2D eigenvalue weighted by atomic mass is 32.1. The highest BCUT2D eigenvalue weighted by Gasteiger charge is 2.38. The quantitative estimate of drug-likeness (QED) is 0.882. The summed E-state index contributed by atoms with van der Waals surface area (Å²) < 4.78 is 7.67. The van der Waals surface area contributed by atoms with Gasteiger partial charge in [0.05, 0.1) is 12.2 Å². The van der Waals surface area contributed by atoms with Crippen LogP contribution in [-0.2, 0) is 4.74 Å². The Kier molecular flexibility index (Phi) is 3.92. The van der Waals surface area contributed by atoms with Gasteiger partial charge in [-0.05, 0) is 19.8 Å². The largest absolute Gasteiger partial charge is 0.390 e. The van der Waals surface area contributed by atoms with Crippen LogP contribution >= 0.6 is 11.3 Å². The molecule has 0 aromatic carbocycles. The van der Waals surface area contributed by atoms with E-state index in [0.29, 0.717) is 29.0 Å². The zero-order valence-electron chi connectivity index (χ0n) is 12.7. The molecule has 2 aromatic rings. The van der Waals surface area contributed by atoms with E-state index in [1.54, 1.807) is 6.92 Å². The summed E-state index contributed by atoms with van der Waals surface area (Å²) in [4.78, 5) is 30.9. The minimum Gasteiger partial charge on any atom is -0.390 e. The average molecular weight is 325 g/mol. The van der Waals surface area contributed by atoms with Gasteiger partial charge in [0.1, 0.15) is 16.8 Å². The summed E-state index contributed by atoms with van der Waals surface area (Å²) in [6.07, 6.45) is -0.0753. The first-order chi connectivity index (χ1) is 10.4. The van der Waals surface area contributed by atoms with Gasteiger partial charge in [0.25, 0.3) is 5.56 Å². The molecule has 4 unspecified atom stereocenters. The zero-order valence-corrected chi connectivity index (χ0v) is 13.5. The molecule has 8 heteroatoms. The van der Waals surface area contributed by atoms with E-state index in [1.165, 1.54) is 4.57 Å². The van der Waals surface area contributed by atoms with Crippen LogP contribution in [-0.4, -0.2) is 31.8 Å². The summed E-state index contributed by atoms with van der Waals surface area (Å²) in [7, 11) is 0. The second kappa shape index (κ2) is 5.60. The number of aryl methyl sites for hydroxylation is 1. The molecule has 2 N–H and O–H groups in total. The smallest absolute Gasteiger partial charge is 0.311 e. The topological polar surface area (TPSA) is 97.2 Å². The van der Waals surface area contributed by atoms with Crippen molar-refractivity contribution in [1.82, 2.24) is 14.5 Å². The lowest BCUT2D eigenvalue weighted by molar-refractivity contribution is -0.0643. The van der Waals surface area contributed by atoms with Gasteiger partial charge >= 0.3 is 4.87 Å². The number of aliphatic hydroxyl groups is 1. The summed E-state index contributed by atoms with van der Waals surface area (Å²) in [5, 5.41) is 9.98. The zero-order chi connectivity index (χ0) is 16.0. The number of H-pyrrole nitrogens is 1. The van der Waals surface area contributed by atoms with Crippen LogP contribution in [0, 0.1) is 12.8 Å². The maximum atomic E-state index is 12.3. The number of aromatic nitrogens is 3. The molecule has 120 valence electrons. The fourth-order valence-corrected chi connectivity index (χ4v) is 3.78. The number of thiazole rings is 1. The lowest BCUT2D eigenvalue weighted by atomic mass is 10.0. The van der Waals surface area contributed by atoms with Crippen molar-refractivity contribution in [2.75, 3.05) is 0 Å². The Morgan fingerprint density at radius 3 is 2.95 bits per heavy atom. The van der Waals surface area contributed by atoms with Crippen LogP contribution in [0.5, 0.6) is 0 Å². The number of nitrogens with zero attached hydrogens (tertiary/aromatic N) is 2. The molecule has 1 aliphatic heterocycles. The van der Waals surface area contributed by atoms with Gasteiger partial charge in [-0.1, -0.05) is 25.2 Å².